The van der Waals surface area contributed by atoms with Gasteiger partial charge in [0.05, 0.1) is 6.21 Å². The van der Waals surface area contributed by atoms with E-state index in [1.807, 2.05) is 6.21 Å². The Morgan fingerprint density at radius 3 is 2.86 bits per heavy atom. The molecule has 21 heavy (non-hydrogen) atoms. The Balaban J connectivity index is 1.67. The Bertz CT molecular complexity index is 643. The Morgan fingerprint density at radius 2 is 2.19 bits per heavy atom. The zero-order valence-electron chi connectivity index (χ0n) is 12.0. The molecule has 0 aliphatic carbocycles. The highest BCUT2D eigenvalue weighted by atomic mass is 32.1. The van der Waals surface area contributed by atoms with Gasteiger partial charge in [-0.05, 0) is 43.0 Å². The maximum atomic E-state index is 5.56. The molecule has 1 aliphatic rings. The summed E-state index contributed by atoms with van der Waals surface area (Å²) in [5.41, 5.74) is 12.1. The molecule has 1 aliphatic heterocycles. The molecular weight excluding hydrogens is 282 g/mol. The Labute approximate surface area is 128 Å². The van der Waals surface area contributed by atoms with Gasteiger partial charge in [0.25, 0.3) is 0 Å². The van der Waals surface area contributed by atoms with E-state index in [4.69, 9.17) is 5.73 Å². The molecule has 0 radical (unpaired) electrons. The van der Waals surface area contributed by atoms with Crippen molar-refractivity contribution in [3.63, 3.8) is 0 Å². The molecule has 0 saturated carbocycles. The number of nitrogens with zero attached hydrogens (tertiary/aromatic N) is 3. The first-order valence-electron chi connectivity index (χ1n) is 7.08. The SMILES string of the molecule is Cc1cc(N2CCCC2)ccc1C=NNc1nc(N)cs1. The van der Waals surface area contributed by atoms with Crippen LogP contribution in [0.3, 0.4) is 0 Å². The lowest BCUT2D eigenvalue weighted by molar-refractivity contribution is 0.949. The number of aryl methyl sites for hydroxylation is 1. The van der Waals surface area contributed by atoms with Gasteiger partial charge in [0.15, 0.2) is 0 Å². The van der Waals surface area contributed by atoms with Crippen LogP contribution in [0.2, 0.25) is 0 Å². The molecule has 6 heteroatoms. The van der Waals surface area contributed by atoms with Crippen LogP contribution in [0, 0.1) is 6.92 Å². The van der Waals surface area contributed by atoms with Crippen LogP contribution in [0.4, 0.5) is 16.6 Å². The summed E-state index contributed by atoms with van der Waals surface area (Å²) in [4.78, 5) is 6.53. The zero-order chi connectivity index (χ0) is 14.7. The van der Waals surface area contributed by atoms with Crippen molar-refractivity contribution in [2.45, 2.75) is 19.8 Å². The summed E-state index contributed by atoms with van der Waals surface area (Å²) in [5, 5.41) is 6.71. The first-order chi connectivity index (χ1) is 10.2. The number of nitrogen functional groups attached to an aromatic ring is 1. The summed E-state index contributed by atoms with van der Waals surface area (Å²) >= 11 is 1.44. The molecule has 2 heterocycles. The number of hydrazone groups is 1. The van der Waals surface area contributed by atoms with E-state index in [1.54, 1.807) is 5.38 Å². The first kappa shape index (κ1) is 13.9. The highest BCUT2D eigenvalue weighted by Crippen LogP contribution is 2.22. The second-order valence-corrected chi connectivity index (χ2v) is 6.04. The fourth-order valence-electron chi connectivity index (χ4n) is 2.47. The van der Waals surface area contributed by atoms with Crippen LogP contribution in [0.5, 0.6) is 0 Å². The number of anilines is 3. The van der Waals surface area contributed by atoms with Gasteiger partial charge in [0.1, 0.15) is 5.82 Å². The van der Waals surface area contributed by atoms with Gasteiger partial charge >= 0.3 is 0 Å². The van der Waals surface area contributed by atoms with Crippen LogP contribution >= 0.6 is 11.3 Å². The van der Waals surface area contributed by atoms with Gasteiger partial charge in [0.2, 0.25) is 5.13 Å². The lowest BCUT2D eigenvalue weighted by Crippen LogP contribution is -2.17. The van der Waals surface area contributed by atoms with Crippen LogP contribution in [0.25, 0.3) is 0 Å². The van der Waals surface area contributed by atoms with E-state index < -0.39 is 0 Å². The zero-order valence-corrected chi connectivity index (χ0v) is 12.9. The first-order valence-corrected chi connectivity index (χ1v) is 7.96. The van der Waals surface area contributed by atoms with Crippen molar-refractivity contribution >= 4 is 34.2 Å². The molecule has 3 rings (SSSR count). The summed E-state index contributed by atoms with van der Waals surface area (Å²) in [6.07, 6.45) is 4.41. The molecular formula is C15H19N5S. The third kappa shape index (κ3) is 3.33. The number of nitrogens with one attached hydrogen (secondary N) is 1. The number of benzene rings is 1. The number of hydrogen-bond donors (Lipinski definition) is 2. The minimum Gasteiger partial charge on any atom is -0.383 e. The van der Waals surface area contributed by atoms with E-state index in [1.165, 1.54) is 48.5 Å². The second-order valence-electron chi connectivity index (χ2n) is 5.18. The van der Waals surface area contributed by atoms with E-state index in [0.29, 0.717) is 10.9 Å². The average molecular weight is 301 g/mol. The summed E-state index contributed by atoms with van der Waals surface area (Å²) in [6.45, 7) is 4.45. The predicted octanol–water partition coefficient (Wildman–Crippen LogP) is 3.08. The number of thiazole rings is 1. The smallest absolute Gasteiger partial charge is 0.205 e. The molecule has 1 fully saturated rings. The fraction of sp³-hybridized carbons (Fsp3) is 0.333. The van der Waals surface area contributed by atoms with Gasteiger partial charge in [-0.2, -0.15) is 5.10 Å². The van der Waals surface area contributed by atoms with Crippen molar-refractivity contribution in [2.24, 2.45) is 5.10 Å². The second kappa shape index (κ2) is 6.13. The lowest BCUT2D eigenvalue weighted by Gasteiger charge is -2.18. The summed E-state index contributed by atoms with van der Waals surface area (Å²) < 4.78 is 0. The molecule has 0 unspecified atom stereocenters. The van der Waals surface area contributed by atoms with Crippen molar-refractivity contribution in [3.8, 4) is 0 Å². The third-order valence-corrected chi connectivity index (χ3v) is 4.38. The molecule has 0 spiro atoms. The monoisotopic (exact) mass is 301 g/mol. The van der Waals surface area contributed by atoms with Gasteiger partial charge in [0, 0.05) is 24.2 Å². The number of hydrogen-bond acceptors (Lipinski definition) is 6. The molecule has 1 saturated heterocycles. The molecule has 110 valence electrons. The van der Waals surface area contributed by atoms with Gasteiger partial charge in [-0.15, -0.1) is 11.3 Å². The summed E-state index contributed by atoms with van der Waals surface area (Å²) in [7, 11) is 0. The standard InChI is InChI=1S/C15H19N5S/c1-11-8-13(20-6-2-3-7-20)5-4-12(11)9-17-19-15-18-14(16)10-21-15/h4-5,8-10H,2-3,6-7,16H2,1H3,(H,18,19). The maximum absolute atomic E-state index is 5.56. The highest BCUT2D eigenvalue weighted by molar-refractivity contribution is 7.14. The lowest BCUT2D eigenvalue weighted by atomic mass is 10.1. The van der Waals surface area contributed by atoms with Gasteiger partial charge in [-0.3, -0.25) is 5.43 Å². The van der Waals surface area contributed by atoms with Gasteiger partial charge < -0.3 is 10.6 Å². The van der Waals surface area contributed by atoms with E-state index in [-0.39, 0.29) is 0 Å². The molecule has 2 aromatic rings. The molecule has 0 bridgehead atoms. The predicted molar refractivity (Wildman–Crippen MR) is 90.4 cm³/mol. The van der Waals surface area contributed by atoms with Crippen LogP contribution in [0.15, 0.2) is 28.7 Å². The van der Waals surface area contributed by atoms with Gasteiger partial charge in [-0.1, -0.05) is 6.07 Å². The highest BCUT2D eigenvalue weighted by Gasteiger charge is 2.12. The van der Waals surface area contributed by atoms with Crippen molar-refractivity contribution in [1.82, 2.24) is 4.98 Å². The average Bonchev–Trinajstić information content (AvgIpc) is 3.12. The van der Waals surface area contributed by atoms with Crippen LogP contribution in [-0.2, 0) is 0 Å². The van der Waals surface area contributed by atoms with Crippen LogP contribution in [-0.4, -0.2) is 24.3 Å². The molecule has 0 atom stereocenters. The molecule has 5 nitrogen and oxygen atoms in total. The van der Waals surface area contributed by atoms with Crippen LogP contribution in [0.1, 0.15) is 24.0 Å². The Kier molecular flexibility index (Phi) is 4.06. The largest absolute Gasteiger partial charge is 0.383 e. The van der Waals surface area contributed by atoms with Gasteiger partial charge in [-0.25, -0.2) is 4.98 Å². The fourth-order valence-corrected chi connectivity index (χ4v) is 3.02. The van der Waals surface area contributed by atoms with E-state index in [9.17, 15) is 0 Å². The maximum Gasteiger partial charge on any atom is 0.205 e. The van der Waals surface area contributed by atoms with Crippen molar-refractivity contribution < 1.29 is 0 Å². The molecule has 1 aromatic heterocycles. The number of rotatable bonds is 4. The van der Waals surface area contributed by atoms with E-state index in [0.717, 1.165) is 5.56 Å². The van der Waals surface area contributed by atoms with E-state index in [2.05, 4.69) is 45.5 Å². The van der Waals surface area contributed by atoms with Crippen molar-refractivity contribution in [3.05, 3.63) is 34.7 Å². The topological polar surface area (TPSA) is 66.5 Å². The van der Waals surface area contributed by atoms with Crippen molar-refractivity contribution in [2.75, 3.05) is 29.1 Å². The minimum atomic E-state index is 0.517. The Hall–Kier alpha value is -2.08. The molecule has 1 aromatic carbocycles. The number of aromatic nitrogens is 1. The Morgan fingerprint density at radius 1 is 1.38 bits per heavy atom. The number of nitrogens with two attached hydrogens (primary N) is 1. The summed E-state index contributed by atoms with van der Waals surface area (Å²) in [5.74, 6) is 0.517. The van der Waals surface area contributed by atoms with Crippen LogP contribution < -0.4 is 16.1 Å². The van der Waals surface area contributed by atoms with E-state index >= 15 is 0 Å². The normalized spacial score (nSPS) is 15.0. The quantitative estimate of drug-likeness (QED) is 0.673. The minimum absolute atomic E-state index is 0.517. The van der Waals surface area contributed by atoms with Crippen molar-refractivity contribution in [1.29, 1.82) is 0 Å². The molecule has 3 N–H and O–H groups in total. The summed E-state index contributed by atoms with van der Waals surface area (Å²) in [6, 6.07) is 6.51. The molecule has 0 amide bonds. The third-order valence-electron chi connectivity index (χ3n) is 3.61.